The zero-order valence-corrected chi connectivity index (χ0v) is 12.4. The zero-order chi connectivity index (χ0) is 15.4. The fraction of sp³-hybridized carbons (Fsp3) is 0.429. The first-order valence-electron chi connectivity index (χ1n) is 6.62. The molecular weight excluding hydrogens is 295 g/mol. The minimum atomic E-state index is -1.00. The molecule has 114 valence electrons. The number of carbonyl (C=O) groups excluding carboxylic acids is 1. The number of aliphatic carboxylic acids is 1. The molecule has 2 rings (SSSR count). The Kier molecular flexibility index (Phi) is 5.06. The van der Waals surface area contributed by atoms with Gasteiger partial charge in [0.25, 0.3) is 0 Å². The van der Waals surface area contributed by atoms with Crippen LogP contribution in [0, 0.1) is 5.82 Å². The molecule has 0 bridgehead atoms. The highest BCUT2D eigenvalue weighted by Gasteiger charge is 2.32. The second-order valence-corrected chi connectivity index (χ2v) is 6.00. The Hall–Kier alpha value is -1.76. The predicted octanol–water partition coefficient (Wildman–Crippen LogP) is 2.10. The lowest BCUT2D eigenvalue weighted by Crippen LogP contribution is -2.54. The summed E-state index contributed by atoms with van der Waals surface area (Å²) in [6, 6.07) is 4.34. The molecule has 2 unspecified atom stereocenters. The minimum Gasteiger partial charge on any atom is -0.480 e. The number of hydrogen-bond acceptors (Lipinski definition) is 3. The number of carboxylic acid groups (broad SMARTS) is 1. The highest BCUT2D eigenvalue weighted by atomic mass is 32.2. The van der Waals surface area contributed by atoms with Crippen LogP contribution in [0.1, 0.15) is 18.5 Å². The van der Waals surface area contributed by atoms with Gasteiger partial charge in [-0.15, -0.1) is 0 Å². The topological polar surface area (TPSA) is 69.6 Å². The van der Waals surface area contributed by atoms with Gasteiger partial charge < -0.3 is 15.3 Å². The molecule has 0 aliphatic carbocycles. The lowest BCUT2D eigenvalue weighted by Gasteiger charge is -2.33. The van der Waals surface area contributed by atoms with Crippen molar-refractivity contribution in [1.29, 1.82) is 0 Å². The average molecular weight is 312 g/mol. The number of carbonyl (C=O) groups is 2. The molecule has 2 atom stereocenters. The molecule has 21 heavy (non-hydrogen) atoms. The predicted molar refractivity (Wildman–Crippen MR) is 78.8 cm³/mol. The van der Waals surface area contributed by atoms with Gasteiger partial charge in [0.05, 0.1) is 6.04 Å². The number of benzene rings is 1. The minimum absolute atomic E-state index is 0.369. The molecule has 1 heterocycles. The molecular formula is C14H17FN2O3S. The number of halogens is 1. The molecule has 1 saturated heterocycles. The highest BCUT2D eigenvalue weighted by Crippen LogP contribution is 2.19. The fourth-order valence-electron chi connectivity index (χ4n) is 2.18. The number of carboxylic acids is 1. The van der Waals surface area contributed by atoms with E-state index in [0.29, 0.717) is 23.6 Å². The van der Waals surface area contributed by atoms with Crippen LogP contribution in [-0.2, 0) is 4.79 Å². The second kappa shape index (κ2) is 6.80. The first-order chi connectivity index (χ1) is 9.99. The summed E-state index contributed by atoms with van der Waals surface area (Å²) in [7, 11) is 0. The third-order valence-corrected chi connectivity index (χ3v) is 4.39. The van der Waals surface area contributed by atoms with E-state index in [1.54, 1.807) is 19.1 Å². The van der Waals surface area contributed by atoms with Gasteiger partial charge in [-0.2, -0.15) is 11.8 Å². The smallest absolute Gasteiger partial charge is 0.327 e. The average Bonchev–Trinajstić information content (AvgIpc) is 2.47. The first kappa shape index (κ1) is 15.6. The van der Waals surface area contributed by atoms with E-state index in [1.807, 2.05) is 0 Å². The van der Waals surface area contributed by atoms with Gasteiger partial charge in [-0.25, -0.2) is 14.0 Å². The van der Waals surface area contributed by atoms with Gasteiger partial charge in [0.2, 0.25) is 0 Å². The van der Waals surface area contributed by atoms with Crippen molar-refractivity contribution in [2.75, 3.05) is 18.1 Å². The Morgan fingerprint density at radius 1 is 1.52 bits per heavy atom. The molecule has 5 nitrogen and oxygen atoms in total. The molecule has 1 aromatic rings. The Morgan fingerprint density at radius 2 is 2.29 bits per heavy atom. The maximum atomic E-state index is 13.2. The van der Waals surface area contributed by atoms with Crippen LogP contribution in [0.2, 0.25) is 0 Å². The summed E-state index contributed by atoms with van der Waals surface area (Å²) in [5, 5.41) is 11.9. The van der Waals surface area contributed by atoms with E-state index in [1.165, 1.54) is 28.8 Å². The van der Waals surface area contributed by atoms with Crippen molar-refractivity contribution >= 4 is 23.8 Å². The van der Waals surface area contributed by atoms with Crippen molar-refractivity contribution in [3.05, 3.63) is 35.6 Å². The van der Waals surface area contributed by atoms with E-state index in [-0.39, 0.29) is 5.82 Å². The molecule has 0 aromatic heterocycles. The summed E-state index contributed by atoms with van der Waals surface area (Å²) in [5.41, 5.74) is 0.640. The third-order valence-electron chi connectivity index (χ3n) is 3.36. The number of nitrogens with zero attached hydrogens (tertiary/aromatic N) is 1. The van der Waals surface area contributed by atoms with E-state index < -0.39 is 24.1 Å². The normalized spacial score (nSPS) is 19.9. The number of rotatable bonds is 3. The van der Waals surface area contributed by atoms with Crippen molar-refractivity contribution in [3.8, 4) is 0 Å². The molecule has 0 spiro atoms. The lowest BCUT2D eigenvalue weighted by molar-refractivity contribution is -0.141. The molecule has 1 aliphatic heterocycles. The molecule has 7 heteroatoms. The molecule has 1 aliphatic rings. The number of amides is 2. The van der Waals surface area contributed by atoms with Gasteiger partial charge in [-0.1, -0.05) is 12.1 Å². The number of nitrogens with one attached hydrogen (secondary N) is 1. The van der Waals surface area contributed by atoms with Crippen LogP contribution in [-0.4, -0.2) is 46.1 Å². The van der Waals surface area contributed by atoms with E-state index in [4.69, 9.17) is 5.11 Å². The monoisotopic (exact) mass is 312 g/mol. The van der Waals surface area contributed by atoms with E-state index in [0.717, 1.165) is 0 Å². The fourth-order valence-corrected chi connectivity index (χ4v) is 3.22. The van der Waals surface area contributed by atoms with Gasteiger partial charge in [0, 0.05) is 18.1 Å². The Labute approximate surface area is 126 Å². The van der Waals surface area contributed by atoms with E-state index >= 15 is 0 Å². The number of hydrogen-bond donors (Lipinski definition) is 2. The molecule has 1 aromatic carbocycles. The maximum Gasteiger partial charge on any atom is 0.327 e. The van der Waals surface area contributed by atoms with Crippen LogP contribution in [0.25, 0.3) is 0 Å². The van der Waals surface area contributed by atoms with E-state index in [9.17, 15) is 14.0 Å². The molecule has 2 N–H and O–H groups in total. The summed E-state index contributed by atoms with van der Waals surface area (Å²) >= 11 is 1.52. The number of thioether (sulfide) groups is 1. The van der Waals surface area contributed by atoms with Crippen LogP contribution in [0.15, 0.2) is 24.3 Å². The van der Waals surface area contributed by atoms with Crippen LogP contribution in [0.4, 0.5) is 9.18 Å². The van der Waals surface area contributed by atoms with Gasteiger partial charge in [0.15, 0.2) is 0 Å². The SMILES string of the molecule is CC(NC(=O)N1CCSCC1C(=O)O)c1cccc(F)c1. The highest BCUT2D eigenvalue weighted by molar-refractivity contribution is 7.99. The Bertz CT molecular complexity index is 541. The Balaban J connectivity index is 2.04. The summed E-state index contributed by atoms with van der Waals surface area (Å²) in [6.45, 7) is 2.13. The van der Waals surface area contributed by atoms with E-state index in [2.05, 4.69) is 5.32 Å². The van der Waals surface area contributed by atoms with Crippen molar-refractivity contribution < 1.29 is 19.1 Å². The Morgan fingerprint density at radius 3 is 2.95 bits per heavy atom. The van der Waals surface area contributed by atoms with Gasteiger partial charge in [-0.05, 0) is 24.6 Å². The molecule has 0 radical (unpaired) electrons. The van der Waals surface area contributed by atoms with Crippen molar-refractivity contribution in [3.63, 3.8) is 0 Å². The van der Waals surface area contributed by atoms with Gasteiger partial charge in [-0.3, -0.25) is 0 Å². The first-order valence-corrected chi connectivity index (χ1v) is 7.77. The van der Waals surface area contributed by atoms with Crippen LogP contribution in [0.3, 0.4) is 0 Å². The quantitative estimate of drug-likeness (QED) is 0.897. The third kappa shape index (κ3) is 3.87. The van der Waals surface area contributed by atoms with Gasteiger partial charge in [0.1, 0.15) is 11.9 Å². The zero-order valence-electron chi connectivity index (χ0n) is 11.6. The second-order valence-electron chi connectivity index (χ2n) is 4.85. The molecule has 1 fully saturated rings. The molecule has 2 amide bonds. The summed E-state index contributed by atoms with van der Waals surface area (Å²) in [6.07, 6.45) is 0. The van der Waals surface area contributed by atoms with Crippen molar-refractivity contribution in [1.82, 2.24) is 10.2 Å². The van der Waals surface area contributed by atoms with Crippen molar-refractivity contribution in [2.45, 2.75) is 19.0 Å². The van der Waals surface area contributed by atoms with Crippen molar-refractivity contribution in [2.24, 2.45) is 0 Å². The maximum absolute atomic E-state index is 13.2. The summed E-state index contributed by atoms with van der Waals surface area (Å²) < 4.78 is 13.2. The largest absolute Gasteiger partial charge is 0.480 e. The lowest BCUT2D eigenvalue weighted by atomic mass is 10.1. The van der Waals surface area contributed by atoms with Crippen LogP contribution in [0.5, 0.6) is 0 Å². The van der Waals surface area contributed by atoms with Gasteiger partial charge >= 0.3 is 12.0 Å². The standard InChI is InChI=1S/C14H17FN2O3S/c1-9(10-3-2-4-11(15)7-10)16-14(20)17-5-6-21-8-12(17)13(18)19/h2-4,7,9,12H,5-6,8H2,1H3,(H,16,20)(H,18,19). The summed E-state index contributed by atoms with van der Waals surface area (Å²) in [5.74, 6) is -0.273. The molecule has 0 saturated carbocycles. The number of urea groups is 1. The summed E-state index contributed by atoms with van der Waals surface area (Å²) in [4.78, 5) is 24.7. The van der Waals surface area contributed by atoms with Crippen LogP contribution < -0.4 is 5.32 Å². The van der Waals surface area contributed by atoms with Crippen LogP contribution >= 0.6 is 11.8 Å².